The molecule has 0 bridgehead atoms. The number of carbonyl (C=O) groups is 1. The molecule has 2 atom stereocenters. The van der Waals surface area contributed by atoms with Crippen molar-refractivity contribution in [3.63, 3.8) is 0 Å². The van der Waals surface area contributed by atoms with Gasteiger partial charge in [-0.2, -0.15) is 0 Å². The van der Waals surface area contributed by atoms with Gasteiger partial charge < -0.3 is 16.0 Å². The highest BCUT2D eigenvalue weighted by Crippen LogP contribution is 2.08. The average Bonchev–Trinajstić information content (AvgIpc) is 2.04. The number of urea groups is 1. The summed E-state index contributed by atoms with van der Waals surface area (Å²) in [5.74, 6) is 0.653. The Bertz CT molecular complexity index is 172. The second kappa shape index (κ2) is 5.07. The molecule has 1 fully saturated rings. The number of nitrogens with one attached hydrogen (secondary N) is 3. The molecule has 0 aromatic rings. The lowest BCUT2D eigenvalue weighted by molar-refractivity contribution is 0.230. The highest BCUT2D eigenvalue weighted by Gasteiger charge is 2.19. The predicted octanol–water partition coefficient (Wildman–Crippen LogP) is 0.304. The van der Waals surface area contributed by atoms with E-state index < -0.39 is 0 Å². The van der Waals surface area contributed by atoms with Crippen LogP contribution in [0.4, 0.5) is 4.79 Å². The summed E-state index contributed by atoms with van der Waals surface area (Å²) in [4.78, 5) is 11.2. The number of hydrogen-bond donors (Lipinski definition) is 3. The number of amides is 2. The maximum absolute atomic E-state index is 11.2. The third kappa shape index (κ3) is 3.63. The standard InChI is InChI=1S/C9H19N3O/c1-3-11-9(13)12-8-4-7(2)5-10-6-8/h7-8,10H,3-6H2,1-2H3,(H2,11,12,13). The summed E-state index contributed by atoms with van der Waals surface area (Å²) >= 11 is 0. The number of rotatable bonds is 2. The summed E-state index contributed by atoms with van der Waals surface area (Å²) in [6.45, 7) is 6.75. The first-order valence-electron chi connectivity index (χ1n) is 4.97. The highest BCUT2D eigenvalue weighted by atomic mass is 16.2. The monoisotopic (exact) mass is 185 g/mol. The van der Waals surface area contributed by atoms with Crippen LogP contribution in [0.25, 0.3) is 0 Å². The van der Waals surface area contributed by atoms with Gasteiger partial charge in [0.25, 0.3) is 0 Å². The normalized spacial score (nSPS) is 28.2. The fourth-order valence-electron chi connectivity index (χ4n) is 1.66. The topological polar surface area (TPSA) is 53.2 Å². The van der Waals surface area contributed by atoms with Gasteiger partial charge in [0.2, 0.25) is 0 Å². The third-order valence-corrected chi connectivity index (χ3v) is 2.24. The van der Waals surface area contributed by atoms with Crippen LogP contribution in [0.1, 0.15) is 20.3 Å². The van der Waals surface area contributed by atoms with Crippen LogP contribution < -0.4 is 16.0 Å². The Hall–Kier alpha value is -0.770. The molecule has 1 heterocycles. The zero-order valence-corrected chi connectivity index (χ0v) is 8.39. The van der Waals surface area contributed by atoms with E-state index >= 15 is 0 Å². The highest BCUT2D eigenvalue weighted by molar-refractivity contribution is 5.74. The van der Waals surface area contributed by atoms with Crippen LogP contribution in [-0.4, -0.2) is 31.7 Å². The Morgan fingerprint density at radius 2 is 2.31 bits per heavy atom. The van der Waals surface area contributed by atoms with Gasteiger partial charge in [-0.25, -0.2) is 4.79 Å². The van der Waals surface area contributed by atoms with Crippen molar-refractivity contribution in [3.05, 3.63) is 0 Å². The third-order valence-electron chi connectivity index (χ3n) is 2.24. The summed E-state index contributed by atoms with van der Waals surface area (Å²) in [6, 6.07) is 0.235. The number of carbonyl (C=O) groups excluding carboxylic acids is 1. The molecule has 0 aromatic heterocycles. The van der Waals surface area contributed by atoms with E-state index in [1.54, 1.807) is 0 Å². The van der Waals surface area contributed by atoms with Crippen molar-refractivity contribution in [3.8, 4) is 0 Å². The van der Waals surface area contributed by atoms with Gasteiger partial charge in [0.05, 0.1) is 0 Å². The molecule has 1 aliphatic rings. The SMILES string of the molecule is CCNC(=O)NC1CNCC(C)C1. The predicted molar refractivity (Wildman–Crippen MR) is 52.6 cm³/mol. The van der Waals surface area contributed by atoms with Gasteiger partial charge in [0.1, 0.15) is 0 Å². The molecule has 4 nitrogen and oxygen atoms in total. The van der Waals surface area contributed by atoms with E-state index in [4.69, 9.17) is 0 Å². The van der Waals surface area contributed by atoms with Crippen molar-refractivity contribution in [1.29, 1.82) is 0 Å². The van der Waals surface area contributed by atoms with E-state index in [9.17, 15) is 4.79 Å². The molecule has 13 heavy (non-hydrogen) atoms. The van der Waals surface area contributed by atoms with Gasteiger partial charge in [0, 0.05) is 19.1 Å². The van der Waals surface area contributed by atoms with Crippen molar-refractivity contribution in [1.82, 2.24) is 16.0 Å². The Kier molecular flexibility index (Phi) is 4.02. The van der Waals surface area contributed by atoms with Crippen LogP contribution in [0, 0.1) is 5.92 Å². The van der Waals surface area contributed by atoms with Gasteiger partial charge in [-0.15, -0.1) is 0 Å². The minimum absolute atomic E-state index is 0.0524. The molecule has 1 aliphatic heterocycles. The molecule has 4 heteroatoms. The Labute approximate surface area is 79.5 Å². The van der Waals surface area contributed by atoms with Gasteiger partial charge >= 0.3 is 6.03 Å². The lowest BCUT2D eigenvalue weighted by Crippen LogP contribution is -2.51. The Balaban J connectivity index is 2.23. The average molecular weight is 185 g/mol. The van der Waals surface area contributed by atoms with Crippen LogP contribution >= 0.6 is 0 Å². The Morgan fingerprint density at radius 3 is 2.92 bits per heavy atom. The molecule has 3 N–H and O–H groups in total. The molecular formula is C9H19N3O. The molecule has 0 aromatic carbocycles. The minimum Gasteiger partial charge on any atom is -0.338 e. The zero-order chi connectivity index (χ0) is 9.68. The van der Waals surface area contributed by atoms with Crippen LogP contribution in [0.2, 0.25) is 0 Å². The molecule has 0 saturated carbocycles. The summed E-state index contributed by atoms with van der Waals surface area (Å²) in [5, 5.41) is 8.96. The second-order valence-corrected chi connectivity index (χ2v) is 3.70. The molecule has 1 rings (SSSR count). The van der Waals surface area contributed by atoms with E-state index in [2.05, 4.69) is 22.9 Å². The number of hydrogen-bond acceptors (Lipinski definition) is 2. The minimum atomic E-state index is -0.0524. The summed E-state index contributed by atoms with van der Waals surface area (Å²) in [7, 11) is 0. The maximum atomic E-state index is 11.2. The van der Waals surface area contributed by atoms with Crippen molar-refractivity contribution in [2.75, 3.05) is 19.6 Å². The van der Waals surface area contributed by atoms with Crippen molar-refractivity contribution in [2.24, 2.45) is 5.92 Å². The quantitative estimate of drug-likeness (QED) is 0.579. The van der Waals surface area contributed by atoms with Gasteiger partial charge in [-0.1, -0.05) is 6.92 Å². The van der Waals surface area contributed by atoms with Gasteiger partial charge in [-0.3, -0.25) is 0 Å². The van der Waals surface area contributed by atoms with E-state index in [0.717, 1.165) is 19.5 Å². The lowest BCUT2D eigenvalue weighted by atomic mass is 9.98. The summed E-state index contributed by atoms with van der Waals surface area (Å²) in [5.41, 5.74) is 0. The largest absolute Gasteiger partial charge is 0.338 e. The fourth-order valence-corrected chi connectivity index (χ4v) is 1.66. The molecule has 0 aliphatic carbocycles. The molecular weight excluding hydrogens is 166 g/mol. The first-order chi connectivity index (χ1) is 6.22. The zero-order valence-electron chi connectivity index (χ0n) is 8.39. The molecule has 2 unspecified atom stereocenters. The maximum Gasteiger partial charge on any atom is 0.315 e. The Morgan fingerprint density at radius 1 is 1.54 bits per heavy atom. The molecule has 76 valence electrons. The lowest BCUT2D eigenvalue weighted by Gasteiger charge is -2.28. The van der Waals surface area contributed by atoms with Gasteiger partial charge in [0.15, 0.2) is 0 Å². The van der Waals surface area contributed by atoms with E-state index in [1.807, 2.05) is 6.92 Å². The first-order valence-corrected chi connectivity index (χ1v) is 4.97. The number of piperidine rings is 1. The first kappa shape index (κ1) is 10.3. The second-order valence-electron chi connectivity index (χ2n) is 3.70. The van der Waals surface area contributed by atoms with E-state index in [1.165, 1.54) is 0 Å². The summed E-state index contributed by atoms with van der Waals surface area (Å²) in [6.07, 6.45) is 1.07. The molecule has 1 saturated heterocycles. The van der Waals surface area contributed by atoms with Crippen molar-refractivity contribution >= 4 is 6.03 Å². The fraction of sp³-hybridized carbons (Fsp3) is 0.889. The van der Waals surface area contributed by atoms with Crippen LogP contribution in [0.3, 0.4) is 0 Å². The smallest absolute Gasteiger partial charge is 0.315 e. The van der Waals surface area contributed by atoms with Crippen molar-refractivity contribution < 1.29 is 4.79 Å². The van der Waals surface area contributed by atoms with E-state index in [0.29, 0.717) is 12.5 Å². The van der Waals surface area contributed by atoms with Gasteiger partial charge in [-0.05, 0) is 25.8 Å². The van der Waals surface area contributed by atoms with Crippen LogP contribution in [-0.2, 0) is 0 Å². The van der Waals surface area contributed by atoms with E-state index in [-0.39, 0.29) is 12.1 Å². The van der Waals surface area contributed by atoms with Crippen LogP contribution in [0.15, 0.2) is 0 Å². The summed E-state index contributed by atoms with van der Waals surface area (Å²) < 4.78 is 0. The van der Waals surface area contributed by atoms with Crippen LogP contribution in [0.5, 0.6) is 0 Å². The molecule has 0 spiro atoms. The molecule has 2 amide bonds. The molecule has 0 radical (unpaired) electrons. The van der Waals surface area contributed by atoms with Crippen molar-refractivity contribution in [2.45, 2.75) is 26.3 Å².